The molecule has 0 radical (unpaired) electrons. The van der Waals surface area contributed by atoms with Crippen molar-refractivity contribution in [2.24, 2.45) is 0 Å². The zero-order chi connectivity index (χ0) is 27.8. The standard InChI is InChI=1S/C31H33F3N2O3.K/c1-2-3-26(20-30(37)38)25-8-14-29(15-9-25)39-22-24-6-4-23(5-7-24)21-35-16-18-36(19-17-35)28-12-10-27(11-13-28)31(32,33)34;/h2-15,26H,16-22H2,1H3,(H,37,38);/q;+1/p-1/t26-;/m1./s1. The number of hydrogen-bond acceptors (Lipinski definition) is 5. The van der Waals surface area contributed by atoms with Crippen molar-refractivity contribution in [3.63, 3.8) is 0 Å². The van der Waals surface area contributed by atoms with Crippen LogP contribution in [0.5, 0.6) is 5.75 Å². The molecule has 9 heteroatoms. The van der Waals surface area contributed by atoms with Crippen molar-refractivity contribution in [3.8, 4) is 5.75 Å². The predicted molar refractivity (Wildman–Crippen MR) is 143 cm³/mol. The van der Waals surface area contributed by atoms with Gasteiger partial charge in [0, 0.05) is 50.3 Å². The number of ether oxygens (including phenoxy) is 1. The number of benzene rings is 3. The smallest absolute Gasteiger partial charge is 0.550 e. The Kier molecular flexibility index (Phi) is 12.3. The van der Waals surface area contributed by atoms with E-state index < -0.39 is 17.7 Å². The molecule has 1 saturated heterocycles. The molecule has 0 aliphatic carbocycles. The van der Waals surface area contributed by atoms with E-state index in [0.717, 1.165) is 61.7 Å². The second kappa shape index (κ2) is 15.2. The van der Waals surface area contributed by atoms with Gasteiger partial charge in [0.05, 0.1) is 5.56 Å². The van der Waals surface area contributed by atoms with Gasteiger partial charge < -0.3 is 19.5 Å². The monoisotopic (exact) mass is 576 g/mol. The van der Waals surface area contributed by atoms with E-state index in [4.69, 9.17) is 4.74 Å². The maximum atomic E-state index is 12.8. The fraction of sp³-hybridized carbons (Fsp3) is 0.323. The largest absolute Gasteiger partial charge is 1.00 e. The SMILES string of the molecule is CC=C[C@H](CC(=O)[O-])c1ccc(OCc2ccc(CN3CCN(c4ccc(C(F)(F)F)cc4)CC3)cc2)cc1.[K+]. The van der Waals surface area contributed by atoms with Crippen molar-refractivity contribution in [2.45, 2.75) is 38.6 Å². The summed E-state index contributed by atoms with van der Waals surface area (Å²) in [6.07, 6.45) is -0.688. The van der Waals surface area contributed by atoms with Gasteiger partial charge in [-0.25, -0.2) is 0 Å². The molecule has 1 aliphatic rings. The van der Waals surface area contributed by atoms with Crippen LogP contribution in [0, 0.1) is 0 Å². The summed E-state index contributed by atoms with van der Waals surface area (Å²) in [6.45, 7) is 6.28. The van der Waals surface area contributed by atoms with Crippen molar-refractivity contribution in [3.05, 3.63) is 107 Å². The molecule has 4 rings (SSSR count). The first-order valence-electron chi connectivity index (χ1n) is 13.0. The normalized spacial score (nSPS) is 15.1. The first kappa shape index (κ1) is 32.4. The van der Waals surface area contributed by atoms with Gasteiger partial charge in [-0.3, -0.25) is 4.90 Å². The molecule has 0 amide bonds. The molecule has 1 heterocycles. The minimum absolute atomic E-state index is 0. The molecule has 0 spiro atoms. The van der Waals surface area contributed by atoms with Crippen LogP contribution < -0.4 is 66.1 Å². The topological polar surface area (TPSA) is 55.8 Å². The summed E-state index contributed by atoms with van der Waals surface area (Å²) in [4.78, 5) is 15.5. The quantitative estimate of drug-likeness (QED) is 0.274. The van der Waals surface area contributed by atoms with Gasteiger partial charge in [0.2, 0.25) is 0 Å². The molecule has 0 N–H and O–H groups in total. The molecule has 0 aromatic heterocycles. The maximum Gasteiger partial charge on any atom is 1.00 e. The number of nitrogens with zero attached hydrogens (tertiary/aromatic N) is 2. The summed E-state index contributed by atoms with van der Waals surface area (Å²) >= 11 is 0. The van der Waals surface area contributed by atoms with Crippen LogP contribution in [0.4, 0.5) is 18.9 Å². The molecule has 0 unspecified atom stereocenters. The Hall–Kier alpha value is -2.14. The number of carboxylic acids is 1. The molecule has 1 aliphatic heterocycles. The molecule has 40 heavy (non-hydrogen) atoms. The van der Waals surface area contributed by atoms with Gasteiger partial charge in [-0.05, 0) is 66.4 Å². The summed E-state index contributed by atoms with van der Waals surface area (Å²) in [7, 11) is 0. The number of allylic oxidation sites excluding steroid dienone is 2. The summed E-state index contributed by atoms with van der Waals surface area (Å²) < 4.78 is 44.3. The third-order valence-corrected chi connectivity index (χ3v) is 6.89. The fourth-order valence-corrected chi connectivity index (χ4v) is 4.71. The molecule has 3 aromatic carbocycles. The third kappa shape index (κ3) is 9.46. The second-order valence-electron chi connectivity index (χ2n) is 9.69. The fourth-order valence-electron chi connectivity index (χ4n) is 4.71. The molecule has 1 atom stereocenters. The molecule has 0 bridgehead atoms. The zero-order valence-corrected chi connectivity index (χ0v) is 26.0. The maximum absolute atomic E-state index is 12.8. The van der Waals surface area contributed by atoms with Crippen LogP contribution in [0.15, 0.2) is 84.9 Å². The minimum atomic E-state index is -4.32. The van der Waals surface area contributed by atoms with E-state index in [1.165, 1.54) is 5.56 Å². The third-order valence-electron chi connectivity index (χ3n) is 6.89. The van der Waals surface area contributed by atoms with Crippen LogP contribution in [0.25, 0.3) is 0 Å². The van der Waals surface area contributed by atoms with Crippen molar-refractivity contribution in [1.29, 1.82) is 0 Å². The van der Waals surface area contributed by atoms with Gasteiger partial charge in [-0.1, -0.05) is 48.6 Å². The second-order valence-corrected chi connectivity index (χ2v) is 9.69. The van der Waals surface area contributed by atoms with Crippen LogP contribution in [0.1, 0.15) is 41.5 Å². The number of carbonyl (C=O) groups is 1. The van der Waals surface area contributed by atoms with E-state index in [0.29, 0.717) is 12.4 Å². The van der Waals surface area contributed by atoms with Gasteiger partial charge in [-0.2, -0.15) is 13.2 Å². The minimum Gasteiger partial charge on any atom is -0.550 e. The summed E-state index contributed by atoms with van der Waals surface area (Å²) in [5.41, 5.74) is 3.32. The number of aliphatic carboxylic acids is 1. The Balaban J connectivity index is 0.00000441. The molecule has 3 aromatic rings. The number of hydrogen-bond donors (Lipinski definition) is 0. The van der Waals surface area contributed by atoms with E-state index in [-0.39, 0.29) is 63.7 Å². The van der Waals surface area contributed by atoms with E-state index in [9.17, 15) is 23.1 Å². The summed E-state index contributed by atoms with van der Waals surface area (Å²) in [5, 5.41) is 11.0. The molecule has 206 valence electrons. The summed E-state index contributed by atoms with van der Waals surface area (Å²) in [6, 6.07) is 21.1. The van der Waals surface area contributed by atoms with Crippen molar-refractivity contribution >= 4 is 11.7 Å². The Bertz CT molecular complexity index is 1240. The van der Waals surface area contributed by atoms with Gasteiger partial charge in [0.25, 0.3) is 0 Å². The predicted octanol–water partition coefficient (Wildman–Crippen LogP) is 2.41. The van der Waals surface area contributed by atoms with Gasteiger partial charge in [0.1, 0.15) is 12.4 Å². The number of halogens is 3. The van der Waals surface area contributed by atoms with Crippen LogP contribution in [-0.4, -0.2) is 37.0 Å². The molecule has 0 saturated carbocycles. The molecule has 5 nitrogen and oxygen atoms in total. The number of anilines is 1. The van der Waals surface area contributed by atoms with Crippen LogP contribution in [0.3, 0.4) is 0 Å². The van der Waals surface area contributed by atoms with E-state index in [2.05, 4.69) is 21.9 Å². The first-order chi connectivity index (χ1) is 18.7. The van der Waals surface area contributed by atoms with Gasteiger partial charge in [0.15, 0.2) is 0 Å². The van der Waals surface area contributed by atoms with Gasteiger partial charge in [-0.15, -0.1) is 0 Å². The average molecular weight is 577 g/mol. The summed E-state index contributed by atoms with van der Waals surface area (Å²) in [5.74, 6) is -0.599. The van der Waals surface area contributed by atoms with E-state index in [1.807, 2.05) is 55.5 Å². The van der Waals surface area contributed by atoms with Crippen molar-refractivity contribution in [1.82, 2.24) is 4.90 Å². The van der Waals surface area contributed by atoms with Crippen molar-refractivity contribution in [2.75, 3.05) is 31.1 Å². The van der Waals surface area contributed by atoms with Crippen LogP contribution in [-0.2, 0) is 24.1 Å². The first-order valence-corrected chi connectivity index (χ1v) is 13.0. The Labute approximate surface area is 276 Å². The van der Waals surface area contributed by atoms with E-state index in [1.54, 1.807) is 12.1 Å². The molecular formula is C31H32F3KN2O3. The Morgan fingerprint density at radius 2 is 1.52 bits per heavy atom. The van der Waals surface area contributed by atoms with Crippen molar-refractivity contribution < 1.29 is 79.2 Å². The number of piperazine rings is 1. The molecular weight excluding hydrogens is 544 g/mol. The number of carbonyl (C=O) groups excluding carboxylic acids is 1. The van der Waals surface area contributed by atoms with E-state index >= 15 is 0 Å². The van der Waals surface area contributed by atoms with Crippen LogP contribution >= 0.6 is 0 Å². The van der Waals surface area contributed by atoms with Crippen LogP contribution in [0.2, 0.25) is 0 Å². The Morgan fingerprint density at radius 3 is 2.08 bits per heavy atom. The van der Waals surface area contributed by atoms with Gasteiger partial charge >= 0.3 is 57.6 Å². The Morgan fingerprint density at radius 1 is 0.925 bits per heavy atom. The number of alkyl halides is 3. The molecule has 1 fully saturated rings. The number of rotatable bonds is 10. The zero-order valence-electron chi connectivity index (χ0n) is 22.9. The number of carboxylic acid groups (broad SMARTS) is 1. The average Bonchev–Trinajstić information content (AvgIpc) is 2.93.